The van der Waals surface area contributed by atoms with Crippen molar-refractivity contribution < 1.29 is 18.3 Å². The van der Waals surface area contributed by atoms with E-state index in [1.165, 1.54) is 18.2 Å². The average Bonchev–Trinajstić information content (AvgIpc) is 2.42. The Morgan fingerprint density at radius 3 is 2.60 bits per heavy atom. The molecule has 0 saturated carbocycles. The lowest BCUT2D eigenvalue weighted by Gasteiger charge is -2.07. The van der Waals surface area contributed by atoms with Gasteiger partial charge in [0.05, 0.1) is 10.6 Å². The third kappa shape index (κ3) is 3.24. The van der Waals surface area contributed by atoms with Crippen LogP contribution in [0.2, 0.25) is 5.02 Å². The highest BCUT2D eigenvalue weighted by Crippen LogP contribution is 2.20. The number of nitrogen functional groups attached to an aromatic ring is 1. The standard InChI is InChI=1S/C14H10ClF2NO2/c15-11-3-2-9(18)6-10(11)14(19)20-7-8-1-4-12(16)13(17)5-8/h1-6H,7,18H2. The summed E-state index contributed by atoms with van der Waals surface area (Å²) in [5.74, 6) is -2.65. The number of benzene rings is 2. The Bertz CT molecular complexity index is 662. The van der Waals surface area contributed by atoms with Gasteiger partial charge in [-0.2, -0.15) is 0 Å². The van der Waals surface area contributed by atoms with Crippen molar-refractivity contribution in [2.45, 2.75) is 6.61 Å². The maximum atomic E-state index is 13.0. The van der Waals surface area contributed by atoms with Crippen LogP contribution in [0.25, 0.3) is 0 Å². The molecule has 0 aromatic heterocycles. The number of rotatable bonds is 3. The molecule has 6 heteroatoms. The van der Waals surface area contributed by atoms with Gasteiger partial charge < -0.3 is 10.5 Å². The van der Waals surface area contributed by atoms with Crippen LogP contribution in [0.1, 0.15) is 15.9 Å². The number of hydrogen-bond donors (Lipinski definition) is 1. The van der Waals surface area contributed by atoms with Crippen LogP contribution in [0.15, 0.2) is 36.4 Å². The molecule has 0 spiro atoms. The highest BCUT2D eigenvalue weighted by Gasteiger charge is 2.13. The van der Waals surface area contributed by atoms with Crippen molar-refractivity contribution in [3.63, 3.8) is 0 Å². The number of anilines is 1. The molecule has 0 atom stereocenters. The fraction of sp³-hybridized carbons (Fsp3) is 0.0714. The smallest absolute Gasteiger partial charge is 0.340 e. The van der Waals surface area contributed by atoms with E-state index in [9.17, 15) is 13.6 Å². The second kappa shape index (κ2) is 5.88. The third-order valence-electron chi connectivity index (χ3n) is 2.56. The molecule has 0 fully saturated rings. The minimum absolute atomic E-state index is 0.120. The van der Waals surface area contributed by atoms with Crippen molar-refractivity contribution in [2.24, 2.45) is 0 Å². The van der Waals surface area contributed by atoms with Gasteiger partial charge in [0.2, 0.25) is 0 Å². The predicted octanol–water partition coefficient (Wildman–Crippen LogP) is 3.56. The summed E-state index contributed by atoms with van der Waals surface area (Å²) in [5.41, 5.74) is 6.37. The van der Waals surface area contributed by atoms with Gasteiger partial charge in [-0.3, -0.25) is 0 Å². The van der Waals surface area contributed by atoms with Crippen LogP contribution >= 0.6 is 11.6 Å². The molecule has 104 valence electrons. The van der Waals surface area contributed by atoms with Crippen LogP contribution in [0.3, 0.4) is 0 Å². The van der Waals surface area contributed by atoms with Gasteiger partial charge in [0.1, 0.15) is 6.61 Å². The second-order valence-corrected chi connectivity index (χ2v) is 4.47. The van der Waals surface area contributed by atoms with Gasteiger partial charge in [0.15, 0.2) is 11.6 Å². The van der Waals surface area contributed by atoms with Crippen molar-refractivity contribution in [2.75, 3.05) is 5.73 Å². The highest BCUT2D eigenvalue weighted by molar-refractivity contribution is 6.33. The Morgan fingerprint density at radius 2 is 1.90 bits per heavy atom. The summed E-state index contributed by atoms with van der Waals surface area (Å²) in [4.78, 5) is 11.8. The van der Waals surface area contributed by atoms with Crippen molar-refractivity contribution in [3.05, 3.63) is 64.2 Å². The fourth-order valence-corrected chi connectivity index (χ4v) is 1.75. The van der Waals surface area contributed by atoms with Gasteiger partial charge in [-0.05, 0) is 35.9 Å². The molecule has 20 heavy (non-hydrogen) atoms. The van der Waals surface area contributed by atoms with Crippen LogP contribution in [0.5, 0.6) is 0 Å². The number of carbonyl (C=O) groups is 1. The van der Waals surface area contributed by atoms with E-state index in [1.807, 2.05) is 0 Å². The quantitative estimate of drug-likeness (QED) is 0.696. The summed E-state index contributed by atoms with van der Waals surface area (Å²) in [7, 11) is 0. The monoisotopic (exact) mass is 297 g/mol. The van der Waals surface area contributed by atoms with Crippen LogP contribution in [0, 0.1) is 11.6 Å². The molecule has 0 aliphatic rings. The SMILES string of the molecule is Nc1ccc(Cl)c(C(=O)OCc2ccc(F)c(F)c2)c1. The molecule has 0 amide bonds. The molecule has 0 aliphatic heterocycles. The lowest BCUT2D eigenvalue weighted by atomic mass is 10.2. The Hall–Kier alpha value is -2.14. The summed E-state index contributed by atoms with van der Waals surface area (Å²) >= 11 is 5.85. The van der Waals surface area contributed by atoms with Crippen molar-refractivity contribution >= 4 is 23.3 Å². The molecule has 0 aliphatic carbocycles. The van der Waals surface area contributed by atoms with Gasteiger partial charge >= 0.3 is 5.97 Å². The molecule has 0 heterocycles. The zero-order valence-electron chi connectivity index (χ0n) is 10.2. The number of ether oxygens (including phenoxy) is 1. The zero-order chi connectivity index (χ0) is 14.7. The number of nitrogens with two attached hydrogens (primary N) is 1. The van der Waals surface area contributed by atoms with Crippen LogP contribution in [-0.2, 0) is 11.3 Å². The second-order valence-electron chi connectivity index (χ2n) is 4.06. The first-order valence-electron chi connectivity index (χ1n) is 5.63. The Balaban J connectivity index is 2.08. The summed E-state index contributed by atoms with van der Waals surface area (Å²) in [6.45, 7) is -0.193. The molecule has 0 bridgehead atoms. The molecule has 2 aromatic rings. The Labute approximate surface area is 118 Å². The van der Waals surface area contributed by atoms with E-state index < -0.39 is 17.6 Å². The average molecular weight is 298 g/mol. The first kappa shape index (κ1) is 14.3. The van der Waals surface area contributed by atoms with Gasteiger partial charge in [-0.1, -0.05) is 17.7 Å². The minimum atomic E-state index is -1.000. The lowest BCUT2D eigenvalue weighted by molar-refractivity contribution is 0.0472. The van der Waals surface area contributed by atoms with Crippen LogP contribution in [-0.4, -0.2) is 5.97 Å². The Kier molecular flexibility index (Phi) is 4.20. The van der Waals surface area contributed by atoms with Crippen LogP contribution in [0.4, 0.5) is 14.5 Å². The van der Waals surface area contributed by atoms with Crippen molar-refractivity contribution in [3.8, 4) is 0 Å². The third-order valence-corrected chi connectivity index (χ3v) is 2.89. The molecule has 0 saturated heterocycles. The molecule has 3 nitrogen and oxygen atoms in total. The molecule has 2 aromatic carbocycles. The van der Waals surface area contributed by atoms with Gasteiger partial charge in [0, 0.05) is 5.69 Å². The van der Waals surface area contributed by atoms with Gasteiger partial charge in [0.25, 0.3) is 0 Å². The summed E-state index contributed by atoms with van der Waals surface area (Å²) in [5, 5.41) is 0.203. The summed E-state index contributed by atoms with van der Waals surface area (Å²) in [6.07, 6.45) is 0. The topological polar surface area (TPSA) is 52.3 Å². The Morgan fingerprint density at radius 1 is 1.15 bits per heavy atom. The van der Waals surface area contributed by atoms with E-state index in [-0.39, 0.29) is 17.2 Å². The van der Waals surface area contributed by atoms with Crippen LogP contribution < -0.4 is 5.73 Å². The van der Waals surface area contributed by atoms with Gasteiger partial charge in [-0.15, -0.1) is 0 Å². The van der Waals surface area contributed by atoms with E-state index in [4.69, 9.17) is 22.1 Å². The zero-order valence-corrected chi connectivity index (χ0v) is 11.0. The van der Waals surface area contributed by atoms with E-state index in [2.05, 4.69) is 0 Å². The number of esters is 1. The maximum absolute atomic E-state index is 13.0. The molecule has 2 N–H and O–H groups in total. The molecule has 0 radical (unpaired) electrons. The maximum Gasteiger partial charge on any atom is 0.340 e. The number of carbonyl (C=O) groups excluding carboxylic acids is 1. The summed E-state index contributed by atoms with van der Waals surface area (Å²) in [6, 6.07) is 7.66. The highest BCUT2D eigenvalue weighted by atomic mass is 35.5. The first-order chi connectivity index (χ1) is 9.47. The first-order valence-corrected chi connectivity index (χ1v) is 6.01. The van der Waals surface area contributed by atoms with E-state index in [0.29, 0.717) is 11.3 Å². The molecule has 0 unspecified atom stereocenters. The number of halogens is 3. The van der Waals surface area contributed by atoms with Crippen molar-refractivity contribution in [1.82, 2.24) is 0 Å². The van der Waals surface area contributed by atoms with E-state index in [1.54, 1.807) is 6.07 Å². The van der Waals surface area contributed by atoms with E-state index in [0.717, 1.165) is 12.1 Å². The molecule has 2 rings (SSSR count). The number of hydrogen-bond acceptors (Lipinski definition) is 3. The summed E-state index contributed by atoms with van der Waals surface area (Å²) < 4.78 is 30.7. The van der Waals surface area contributed by atoms with Gasteiger partial charge in [-0.25, -0.2) is 13.6 Å². The molecular weight excluding hydrogens is 288 g/mol. The largest absolute Gasteiger partial charge is 0.457 e. The van der Waals surface area contributed by atoms with Crippen molar-refractivity contribution in [1.29, 1.82) is 0 Å². The lowest BCUT2D eigenvalue weighted by Crippen LogP contribution is -2.07. The predicted molar refractivity (Wildman–Crippen MR) is 71.3 cm³/mol. The van der Waals surface area contributed by atoms with E-state index >= 15 is 0 Å². The normalized spacial score (nSPS) is 10.3. The minimum Gasteiger partial charge on any atom is -0.457 e. The fourth-order valence-electron chi connectivity index (χ4n) is 1.56. The molecular formula is C14H10ClF2NO2.